The minimum absolute atomic E-state index is 0. The molecule has 0 aromatic heterocycles. The summed E-state index contributed by atoms with van der Waals surface area (Å²) in [4.78, 5) is 12.3. The summed E-state index contributed by atoms with van der Waals surface area (Å²) in [7, 11) is 2.20. The van der Waals surface area contributed by atoms with Gasteiger partial charge in [0.25, 0.3) is 0 Å². The van der Waals surface area contributed by atoms with Gasteiger partial charge in [0.05, 0.1) is 6.54 Å². The van der Waals surface area contributed by atoms with E-state index >= 15 is 0 Å². The van der Waals surface area contributed by atoms with Crippen molar-refractivity contribution in [3.63, 3.8) is 0 Å². The van der Waals surface area contributed by atoms with Crippen LogP contribution >= 0.6 is 24.0 Å². The van der Waals surface area contributed by atoms with Gasteiger partial charge in [0.15, 0.2) is 5.96 Å². The minimum Gasteiger partial charge on any atom is -0.357 e. The molecule has 162 valence electrons. The Morgan fingerprint density at radius 1 is 1.07 bits per heavy atom. The third-order valence-corrected chi connectivity index (χ3v) is 5.41. The predicted molar refractivity (Wildman–Crippen MR) is 130 cm³/mol. The summed E-state index contributed by atoms with van der Waals surface area (Å²) in [6, 6.07) is 0.944. The summed E-state index contributed by atoms with van der Waals surface area (Å²) in [5, 5.41) is 6.99. The molecule has 0 saturated carbocycles. The fraction of sp³-hybridized carbons (Fsp3) is 0.950. The average Bonchev–Trinajstić information content (AvgIpc) is 2.64. The third-order valence-electron chi connectivity index (χ3n) is 5.41. The molecule has 0 bridgehead atoms. The van der Waals surface area contributed by atoms with Crippen molar-refractivity contribution in [2.45, 2.75) is 59.5 Å². The molecule has 2 unspecified atom stereocenters. The first-order chi connectivity index (χ1) is 12.5. The highest BCUT2D eigenvalue weighted by molar-refractivity contribution is 14.0. The van der Waals surface area contributed by atoms with E-state index in [1.54, 1.807) is 0 Å². The summed E-state index contributed by atoms with van der Waals surface area (Å²) in [6.07, 6.45) is 2.40. The standard InChI is InChI=1S/C20H44N6.HI/c1-7-21-20(23-18(4)11-10-12-25(8-2)9-3)22-17-19(5)26-15-13-24(6)14-16-26;/h18-19H,7-17H2,1-6H3,(H2,21,22,23);1H. The highest BCUT2D eigenvalue weighted by atomic mass is 127. The van der Waals surface area contributed by atoms with E-state index < -0.39 is 0 Å². The third kappa shape index (κ3) is 11.5. The van der Waals surface area contributed by atoms with Crippen LogP contribution in [0, 0.1) is 0 Å². The number of nitrogens with zero attached hydrogens (tertiary/aromatic N) is 4. The molecule has 7 heteroatoms. The molecular weight excluding hydrogens is 451 g/mol. The first kappa shape index (κ1) is 26.9. The Hall–Kier alpha value is -0.120. The zero-order valence-corrected chi connectivity index (χ0v) is 21.0. The Kier molecular flexibility index (Phi) is 15.7. The van der Waals surface area contributed by atoms with Gasteiger partial charge in [-0.1, -0.05) is 13.8 Å². The molecule has 0 aromatic rings. The fourth-order valence-electron chi connectivity index (χ4n) is 3.39. The SMILES string of the molecule is CCNC(=NCC(C)N1CCN(C)CC1)NC(C)CCCN(CC)CC.I. The van der Waals surface area contributed by atoms with E-state index in [9.17, 15) is 0 Å². The van der Waals surface area contributed by atoms with Crippen molar-refractivity contribution in [1.29, 1.82) is 0 Å². The average molecular weight is 497 g/mol. The van der Waals surface area contributed by atoms with Crippen LogP contribution in [0.1, 0.15) is 47.5 Å². The summed E-state index contributed by atoms with van der Waals surface area (Å²) in [6.45, 7) is 21.0. The number of aliphatic imine (C=N–C) groups is 1. The van der Waals surface area contributed by atoms with Crippen LogP contribution in [0.15, 0.2) is 4.99 Å². The highest BCUT2D eigenvalue weighted by Crippen LogP contribution is 2.05. The molecule has 0 radical (unpaired) electrons. The molecule has 1 fully saturated rings. The second-order valence-corrected chi connectivity index (χ2v) is 7.62. The Labute approximate surface area is 185 Å². The molecule has 0 spiro atoms. The van der Waals surface area contributed by atoms with E-state index in [-0.39, 0.29) is 24.0 Å². The normalized spacial score (nSPS) is 18.9. The molecule has 1 rings (SSSR count). The number of nitrogens with one attached hydrogen (secondary N) is 2. The smallest absolute Gasteiger partial charge is 0.191 e. The molecule has 1 aliphatic heterocycles. The van der Waals surface area contributed by atoms with Crippen molar-refractivity contribution in [3.8, 4) is 0 Å². The second-order valence-electron chi connectivity index (χ2n) is 7.62. The fourth-order valence-corrected chi connectivity index (χ4v) is 3.39. The number of hydrogen-bond acceptors (Lipinski definition) is 4. The van der Waals surface area contributed by atoms with E-state index in [1.165, 1.54) is 19.4 Å². The van der Waals surface area contributed by atoms with Gasteiger partial charge < -0.3 is 20.4 Å². The molecule has 27 heavy (non-hydrogen) atoms. The van der Waals surface area contributed by atoms with E-state index in [2.05, 4.69) is 67.0 Å². The summed E-state index contributed by atoms with van der Waals surface area (Å²) < 4.78 is 0. The maximum Gasteiger partial charge on any atom is 0.191 e. The van der Waals surface area contributed by atoms with Crippen molar-refractivity contribution < 1.29 is 0 Å². The molecule has 6 nitrogen and oxygen atoms in total. The topological polar surface area (TPSA) is 46.1 Å². The first-order valence-electron chi connectivity index (χ1n) is 10.7. The molecule has 2 N–H and O–H groups in total. The minimum atomic E-state index is 0. The Bertz CT molecular complexity index is 381. The van der Waals surface area contributed by atoms with E-state index in [0.717, 1.165) is 58.3 Å². The van der Waals surface area contributed by atoms with Crippen molar-refractivity contribution in [2.24, 2.45) is 4.99 Å². The van der Waals surface area contributed by atoms with Gasteiger partial charge >= 0.3 is 0 Å². The van der Waals surface area contributed by atoms with Crippen LogP contribution < -0.4 is 10.6 Å². The molecule has 0 aromatic carbocycles. The van der Waals surface area contributed by atoms with Gasteiger partial charge in [-0.2, -0.15) is 0 Å². The summed E-state index contributed by atoms with van der Waals surface area (Å²) in [5.41, 5.74) is 0. The number of piperazine rings is 1. The maximum absolute atomic E-state index is 4.85. The Balaban J connectivity index is 0.00000676. The van der Waals surface area contributed by atoms with Crippen LogP contribution in [0.2, 0.25) is 0 Å². The molecule has 0 amide bonds. The molecule has 1 aliphatic rings. The van der Waals surface area contributed by atoms with Gasteiger partial charge in [-0.15, -0.1) is 24.0 Å². The highest BCUT2D eigenvalue weighted by Gasteiger charge is 2.18. The van der Waals surface area contributed by atoms with Crippen LogP contribution in [-0.2, 0) is 0 Å². The Morgan fingerprint density at radius 2 is 1.70 bits per heavy atom. The van der Waals surface area contributed by atoms with Gasteiger partial charge in [-0.25, -0.2) is 0 Å². The lowest BCUT2D eigenvalue weighted by atomic mass is 10.2. The summed E-state index contributed by atoms with van der Waals surface area (Å²) in [5.74, 6) is 0.962. The van der Waals surface area contributed by atoms with Gasteiger partial charge in [-0.3, -0.25) is 9.89 Å². The van der Waals surface area contributed by atoms with Gasteiger partial charge in [0, 0.05) is 44.8 Å². The van der Waals surface area contributed by atoms with Gasteiger partial charge in [0.2, 0.25) is 0 Å². The van der Waals surface area contributed by atoms with Crippen molar-refractivity contribution in [3.05, 3.63) is 0 Å². The van der Waals surface area contributed by atoms with E-state index in [1.807, 2.05) is 0 Å². The van der Waals surface area contributed by atoms with Gasteiger partial charge in [0.1, 0.15) is 0 Å². The van der Waals surface area contributed by atoms with Crippen LogP contribution in [0.25, 0.3) is 0 Å². The van der Waals surface area contributed by atoms with Crippen LogP contribution in [0.3, 0.4) is 0 Å². The molecular formula is C20H45IN6. The van der Waals surface area contributed by atoms with Crippen molar-refractivity contribution >= 4 is 29.9 Å². The molecule has 2 atom stereocenters. The predicted octanol–water partition coefficient (Wildman–Crippen LogP) is 2.31. The lowest BCUT2D eigenvalue weighted by Crippen LogP contribution is -2.49. The van der Waals surface area contributed by atoms with Crippen LogP contribution in [0.5, 0.6) is 0 Å². The first-order valence-corrected chi connectivity index (χ1v) is 10.7. The zero-order chi connectivity index (χ0) is 19.4. The Morgan fingerprint density at radius 3 is 2.26 bits per heavy atom. The number of rotatable bonds is 11. The van der Waals surface area contributed by atoms with Crippen LogP contribution in [-0.4, -0.2) is 98.7 Å². The molecule has 0 aliphatic carbocycles. The van der Waals surface area contributed by atoms with Crippen LogP contribution in [0.4, 0.5) is 0 Å². The van der Waals surface area contributed by atoms with Crippen molar-refractivity contribution in [2.75, 3.05) is 66.0 Å². The second kappa shape index (κ2) is 15.8. The van der Waals surface area contributed by atoms with E-state index in [4.69, 9.17) is 4.99 Å². The maximum atomic E-state index is 4.85. The largest absolute Gasteiger partial charge is 0.357 e. The van der Waals surface area contributed by atoms with Gasteiger partial charge in [-0.05, 0) is 60.3 Å². The zero-order valence-electron chi connectivity index (χ0n) is 18.6. The monoisotopic (exact) mass is 496 g/mol. The number of halogens is 1. The lowest BCUT2D eigenvalue weighted by Gasteiger charge is -2.36. The molecule has 1 heterocycles. The van der Waals surface area contributed by atoms with Crippen molar-refractivity contribution in [1.82, 2.24) is 25.3 Å². The summed E-state index contributed by atoms with van der Waals surface area (Å²) >= 11 is 0. The quantitative estimate of drug-likeness (QED) is 0.261. The lowest BCUT2D eigenvalue weighted by molar-refractivity contribution is 0.122. The number of likely N-dealkylation sites (N-methyl/N-ethyl adjacent to an activating group) is 1. The number of guanidine groups is 1. The van der Waals surface area contributed by atoms with E-state index in [0.29, 0.717) is 12.1 Å². The molecule has 1 saturated heterocycles. The number of hydrogen-bond donors (Lipinski definition) is 2.